The van der Waals surface area contributed by atoms with Crippen molar-refractivity contribution in [2.24, 2.45) is 0 Å². The molecule has 0 aromatic heterocycles. The second-order valence-electron chi connectivity index (χ2n) is 4.45. The smallest absolute Gasteiger partial charge is 0.341 e. The van der Waals surface area contributed by atoms with E-state index in [1.807, 2.05) is 0 Å². The van der Waals surface area contributed by atoms with E-state index in [0.717, 1.165) is 18.9 Å². The van der Waals surface area contributed by atoms with Crippen molar-refractivity contribution >= 4 is 27.8 Å². The largest absolute Gasteiger partial charge is 0.449 e. The van der Waals surface area contributed by atoms with Gasteiger partial charge in [-0.1, -0.05) is 15.9 Å². The van der Waals surface area contributed by atoms with E-state index in [2.05, 4.69) is 21.2 Å². The molecule has 0 saturated heterocycles. The van der Waals surface area contributed by atoms with Crippen molar-refractivity contribution in [3.05, 3.63) is 34.1 Å². The highest BCUT2D eigenvalue weighted by atomic mass is 79.9. The van der Waals surface area contributed by atoms with Gasteiger partial charge in [-0.2, -0.15) is 0 Å². The van der Waals surface area contributed by atoms with Crippen LogP contribution in [0.1, 0.15) is 30.1 Å². The summed E-state index contributed by atoms with van der Waals surface area (Å²) in [6.07, 6.45) is 0.964. The first-order chi connectivity index (χ1) is 8.97. The third-order valence-corrected chi connectivity index (χ3v) is 3.22. The van der Waals surface area contributed by atoms with E-state index in [1.54, 1.807) is 0 Å². The first-order valence-corrected chi connectivity index (χ1v) is 6.73. The summed E-state index contributed by atoms with van der Waals surface area (Å²) in [7, 11) is 0. The number of hydrogen-bond acceptors (Lipinski definition) is 3. The molecule has 4 nitrogen and oxygen atoms in total. The average molecular weight is 330 g/mol. The molecule has 1 N–H and O–H groups in total. The van der Waals surface area contributed by atoms with Crippen LogP contribution < -0.4 is 5.32 Å². The van der Waals surface area contributed by atoms with Gasteiger partial charge in [-0.05, 0) is 38.0 Å². The predicted octanol–water partition coefficient (Wildman–Crippen LogP) is 2.41. The van der Waals surface area contributed by atoms with Crippen LogP contribution in [0, 0.1) is 5.82 Å². The number of hydrogen-bond donors (Lipinski definition) is 1. The fourth-order valence-electron chi connectivity index (χ4n) is 1.48. The Bertz CT molecular complexity index is 517. The molecule has 1 fully saturated rings. The van der Waals surface area contributed by atoms with Crippen molar-refractivity contribution in [2.45, 2.75) is 31.9 Å². The van der Waals surface area contributed by atoms with Crippen molar-refractivity contribution in [3.8, 4) is 0 Å². The van der Waals surface area contributed by atoms with E-state index < -0.39 is 17.9 Å². The number of esters is 1. The molecule has 0 aliphatic heterocycles. The molecule has 0 bridgehead atoms. The lowest BCUT2D eigenvalue weighted by Gasteiger charge is -2.13. The van der Waals surface area contributed by atoms with Crippen LogP contribution in [-0.4, -0.2) is 24.0 Å². The molecule has 0 heterocycles. The maximum atomic E-state index is 13.5. The lowest BCUT2D eigenvalue weighted by atomic mass is 10.2. The van der Waals surface area contributed by atoms with Gasteiger partial charge in [-0.15, -0.1) is 0 Å². The first kappa shape index (κ1) is 14.0. The summed E-state index contributed by atoms with van der Waals surface area (Å²) in [5.74, 6) is -1.88. The number of ether oxygens (including phenoxy) is 1. The van der Waals surface area contributed by atoms with Gasteiger partial charge in [0.25, 0.3) is 5.91 Å². The topological polar surface area (TPSA) is 55.4 Å². The Labute approximate surface area is 118 Å². The minimum absolute atomic E-state index is 0.191. The predicted molar refractivity (Wildman–Crippen MR) is 70.1 cm³/mol. The van der Waals surface area contributed by atoms with E-state index in [9.17, 15) is 14.0 Å². The van der Waals surface area contributed by atoms with Crippen LogP contribution in [0.5, 0.6) is 0 Å². The van der Waals surface area contributed by atoms with Crippen LogP contribution in [0.3, 0.4) is 0 Å². The van der Waals surface area contributed by atoms with Gasteiger partial charge >= 0.3 is 5.97 Å². The van der Waals surface area contributed by atoms with E-state index in [4.69, 9.17) is 4.74 Å². The highest BCUT2D eigenvalue weighted by Gasteiger charge is 2.27. The third-order valence-electron chi connectivity index (χ3n) is 2.73. The highest BCUT2D eigenvalue weighted by Crippen LogP contribution is 2.19. The van der Waals surface area contributed by atoms with Crippen molar-refractivity contribution in [1.82, 2.24) is 5.32 Å². The summed E-state index contributed by atoms with van der Waals surface area (Å²) < 4.78 is 19.0. The van der Waals surface area contributed by atoms with E-state index in [1.165, 1.54) is 19.1 Å². The summed E-state index contributed by atoms with van der Waals surface area (Å²) in [5.41, 5.74) is -0.194. The number of benzene rings is 1. The summed E-state index contributed by atoms with van der Waals surface area (Å²) in [6, 6.07) is 4.16. The Morgan fingerprint density at radius 3 is 2.79 bits per heavy atom. The van der Waals surface area contributed by atoms with E-state index in [0.29, 0.717) is 4.47 Å². The lowest BCUT2D eigenvalue weighted by Crippen LogP contribution is -2.37. The molecule has 1 aliphatic carbocycles. The summed E-state index contributed by atoms with van der Waals surface area (Å²) in [5, 5.41) is 2.72. The van der Waals surface area contributed by atoms with E-state index in [-0.39, 0.29) is 17.5 Å². The second kappa shape index (κ2) is 5.69. The number of halogens is 2. The van der Waals surface area contributed by atoms with Gasteiger partial charge < -0.3 is 10.1 Å². The van der Waals surface area contributed by atoms with Gasteiger partial charge in [0.1, 0.15) is 5.82 Å². The summed E-state index contributed by atoms with van der Waals surface area (Å²) in [6.45, 7) is 1.46. The Hall–Kier alpha value is -1.43. The van der Waals surface area contributed by atoms with Crippen LogP contribution in [-0.2, 0) is 9.53 Å². The Morgan fingerprint density at radius 1 is 1.47 bits per heavy atom. The fraction of sp³-hybridized carbons (Fsp3) is 0.385. The third kappa shape index (κ3) is 3.76. The van der Waals surface area contributed by atoms with Crippen molar-refractivity contribution in [1.29, 1.82) is 0 Å². The summed E-state index contributed by atoms with van der Waals surface area (Å²) >= 11 is 3.15. The van der Waals surface area contributed by atoms with Crippen molar-refractivity contribution in [3.63, 3.8) is 0 Å². The van der Waals surface area contributed by atoms with Crippen molar-refractivity contribution < 1.29 is 18.7 Å². The molecule has 102 valence electrons. The maximum Gasteiger partial charge on any atom is 0.341 e. The minimum atomic E-state index is -0.938. The lowest BCUT2D eigenvalue weighted by molar-refractivity contribution is -0.129. The van der Waals surface area contributed by atoms with Crippen LogP contribution in [0.2, 0.25) is 0 Å². The number of nitrogens with one attached hydrogen (secondary N) is 1. The van der Waals surface area contributed by atoms with Crippen LogP contribution in [0.25, 0.3) is 0 Å². The van der Waals surface area contributed by atoms with Crippen LogP contribution >= 0.6 is 15.9 Å². The molecule has 1 saturated carbocycles. The zero-order chi connectivity index (χ0) is 14.0. The zero-order valence-electron chi connectivity index (χ0n) is 10.3. The average Bonchev–Trinajstić information content (AvgIpc) is 3.15. The molecule has 0 spiro atoms. The molecule has 0 radical (unpaired) electrons. The molecule has 6 heteroatoms. The highest BCUT2D eigenvalue weighted by molar-refractivity contribution is 9.10. The second-order valence-corrected chi connectivity index (χ2v) is 5.37. The molecule has 1 atom stereocenters. The van der Waals surface area contributed by atoms with Gasteiger partial charge in [0.15, 0.2) is 6.10 Å². The normalized spacial score (nSPS) is 15.7. The molecule has 19 heavy (non-hydrogen) atoms. The van der Waals surface area contributed by atoms with Gasteiger partial charge in [0.05, 0.1) is 5.56 Å². The Kier molecular flexibility index (Phi) is 4.19. The molecule has 1 aromatic carbocycles. The number of carbonyl (C=O) groups excluding carboxylic acids is 2. The minimum Gasteiger partial charge on any atom is -0.449 e. The maximum absolute atomic E-state index is 13.5. The number of carbonyl (C=O) groups is 2. The standard InChI is InChI=1S/C13H13BrFNO3/c1-7(12(17)16-9-3-4-9)19-13(18)10-6-8(14)2-5-11(10)15/h2,5-7,9H,3-4H2,1H3,(H,16,17). The SMILES string of the molecule is CC(OC(=O)c1cc(Br)ccc1F)C(=O)NC1CC1. The molecule has 1 aromatic rings. The molecule has 1 aliphatic rings. The summed E-state index contributed by atoms with van der Waals surface area (Å²) in [4.78, 5) is 23.4. The quantitative estimate of drug-likeness (QED) is 0.863. The Balaban J connectivity index is 1.99. The van der Waals surface area contributed by atoms with Crippen LogP contribution in [0.4, 0.5) is 4.39 Å². The Morgan fingerprint density at radius 2 is 2.16 bits per heavy atom. The fourth-order valence-corrected chi connectivity index (χ4v) is 1.84. The number of amides is 1. The van der Waals surface area contributed by atoms with Gasteiger partial charge in [-0.25, -0.2) is 9.18 Å². The molecule has 1 unspecified atom stereocenters. The molecular weight excluding hydrogens is 317 g/mol. The zero-order valence-corrected chi connectivity index (χ0v) is 11.9. The van der Waals surface area contributed by atoms with E-state index >= 15 is 0 Å². The monoisotopic (exact) mass is 329 g/mol. The van der Waals surface area contributed by atoms with Gasteiger partial charge in [0.2, 0.25) is 0 Å². The first-order valence-electron chi connectivity index (χ1n) is 5.94. The van der Waals surface area contributed by atoms with Gasteiger partial charge in [-0.3, -0.25) is 4.79 Å². The van der Waals surface area contributed by atoms with Crippen molar-refractivity contribution in [2.75, 3.05) is 0 Å². The van der Waals surface area contributed by atoms with Gasteiger partial charge in [0, 0.05) is 10.5 Å². The molecular formula is C13H13BrFNO3. The van der Waals surface area contributed by atoms with Crippen LogP contribution in [0.15, 0.2) is 22.7 Å². The molecule has 1 amide bonds. The number of rotatable bonds is 4. The molecule has 2 rings (SSSR count).